The summed E-state index contributed by atoms with van der Waals surface area (Å²) in [7, 11) is 1.39. The van der Waals surface area contributed by atoms with Crippen molar-refractivity contribution in [3.05, 3.63) is 35.4 Å². The zero-order chi connectivity index (χ0) is 14.1. The summed E-state index contributed by atoms with van der Waals surface area (Å²) < 4.78 is 6.88. The van der Waals surface area contributed by atoms with Crippen molar-refractivity contribution in [2.24, 2.45) is 0 Å². The summed E-state index contributed by atoms with van der Waals surface area (Å²) in [5.74, 6) is 0.924. The van der Waals surface area contributed by atoms with Gasteiger partial charge in [-0.15, -0.1) is 0 Å². The molecule has 5 heteroatoms. The molecular formula is C15H19N3O2. The molecule has 106 valence electrons. The Labute approximate surface area is 118 Å². The van der Waals surface area contributed by atoms with Gasteiger partial charge in [0.2, 0.25) is 0 Å². The van der Waals surface area contributed by atoms with Crippen molar-refractivity contribution in [2.75, 3.05) is 20.2 Å². The molecule has 0 radical (unpaired) electrons. The number of aryl methyl sites for hydroxylation is 1. The Morgan fingerprint density at radius 2 is 2.40 bits per heavy atom. The minimum Gasteiger partial charge on any atom is -0.464 e. The number of carbonyl (C=O) groups excluding carboxylic acids is 1. The van der Waals surface area contributed by atoms with E-state index in [2.05, 4.69) is 10.3 Å². The lowest BCUT2D eigenvalue weighted by Crippen LogP contribution is -2.29. The van der Waals surface area contributed by atoms with E-state index in [0.717, 1.165) is 42.8 Å². The number of rotatable bonds is 2. The van der Waals surface area contributed by atoms with Gasteiger partial charge in [-0.3, -0.25) is 0 Å². The molecule has 3 rings (SSSR count). The third-order valence-corrected chi connectivity index (χ3v) is 3.87. The van der Waals surface area contributed by atoms with Gasteiger partial charge in [-0.05, 0) is 44.0 Å². The quantitative estimate of drug-likeness (QED) is 0.849. The van der Waals surface area contributed by atoms with Gasteiger partial charge in [0.05, 0.1) is 12.6 Å². The Morgan fingerprint density at radius 3 is 3.10 bits per heavy atom. The number of nitrogens with one attached hydrogen (secondary N) is 1. The van der Waals surface area contributed by atoms with Crippen molar-refractivity contribution in [1.82, 2.24) is 14.7 Å². The van der Waals surface area contributed by atoms with Crippen molar-refractivity contribution < 1.29 is 9.53 Å². The van der Waals surface area contributed by atoms with Crippen LogP contribution in [0.1, 0.15) is 40.6 Å². The predicted molar refractivity (Wildman–Crippen MR) is 76.1 cm³/mol. The summed E-state index contributed by atoms with van der Waals surface area (Å²) in [4.78, 5) is 16.5. The van der Waals surface area contributed by atoms with Gasteiger partial charge in [0.1, 0.15) is 5.82 Å². The molecule has 0 amide bonds. The fourth-order valence-electron chi connectivity index (χ4n) is 2.82. The van der Waals surface area contributed by atoms with Crippen molar-refractivity contribution in [1.29, 1.82) is 0 Å². The van der Waals surface area contributed by atoms with E-state index in [9.17, 15) is 4.79 Å². The molecule has 1 atom stereocenters. The number of aromatic nitrogens is 2. The van der Waals surface area contributed by atoms with Crippen LogP contribution in [0.3, 0.4) is 0 Å². The molecule has 2 aromatic heterocycles. The summed E-state index contributed by atoms with van der Waals surface area (Å²) in [6.07, 6.45) is 4.23. The highest BCUT2D eigenvalue weighted by molar-refractivity contribution is 5.95. The number of imidazole rings is 1. The number of nitrogens with zero attached hydrogens (tertiary/aromatic N) is 2. The average Bonchev–Trinajstić information content (AvgIpc) is 2.86. The van der Waals surface area contributed by atoms with Crippen molar-refractivity contribution in [2.45, 2.75) is 25.7 Å². The molecule has 1 N–H and O–H groups in total. The fourth-order valence-corrected chi connectivity index (χ4v) is 2.82. The summed E-state index contributed by atoms with van der Waals surface area (Å²) in [5, 5.41) is 3.39. The summed E-state index contributed by atoms with van der Waals surface area (Å²) in [5.41, 5.74) is 2.35. The van der Waals surface area contributed by atoms with Crippen molar-refractivity contribution in [3.63, 3.8) is 0 Å². The Kier molecular flexibility index (Phi) is 3.44. The number of hydrogen-bond acceptors (Lipinski definition) is 4. The SMILES string of the molecule is COC(=O)c1nc(C2CCCNC2)n2ccc(C)cc12. The van der Waals surface area contributed by atoms with Crippen LogP contribution in [0, 0.1) is 6.92 Å². The molecule has 2 aromatic rings. The molecule has 0 bridgehead atoms. The second-order valence-electron chi connectivity index (χ2n) is 5.31. The molecule has 1 fully saturated rings. The summed E-state index contributed by atoms with van der Waals surface area (Å²) >= 11 is 0. The highest BCUT2D eigenvalue weighted by Gasteiger charge is 2.24. The fraction of sp³-hybridized carbons (Fsp3) is 0.467. The van der Waals surface area contributed by atoms with Crippen LogP contribution in [0.4, 0.5) is 0 Å². The third kappa shape index (κ3) is 2.18. The van der Waals surface area contributed by atoms with Gasteiger partial charge in [-0.2, -0.15) is 0 Å². The van der Waals surface area contributed by atoms with E-state index in [1.54, 1.807) is 0 Å². The lowest BCUT2D eigenvalue weighted by atomic mass is 9.99. The third-order valence-electron chi connectivity index (χ3n) is 3.87. The molecule has 20 heavy (non-hydrogen) atoms. The molecule has 0 aliphatic carbocycles. The smallest absolute Gasteiger partial charge is 0.358 e. The molecule has 1 unspecified atom stereocenters. The zero-order valence-corrected chi connectivity index (χ0v) is 11.8. The van der Waals surface area contributed by atoms with E-state index < -0.39 is 0 Å². The van der Waals surface area contributed by atoms with Gasteiger partial charge in [0.15, 0.2) is 5.69 Å². The van der Waals surface area contributed by atoms with E-state index in [4.69, 9.17) is 4.74 Å². The molecule has 1 aliphatic rings. The van der Waals surface area contributed by atoms with E-state index >= 15 is 0 Å². The van der Waals surface area contributed by atoms with Gasteiger partial charge < -0.3 is 14.5 Å². The Hall–Kier alpha value is -1.88. The second-order valence-corrected chi connectivity index (χ2v) is 5.31. The topological polar surface area (TPSA) is 55.6 Å². The van der Waals surface area contributed by atoms with Crippen molar-refractivity contribution in [3.8, 4) is 0 Å². The molecule has 3 heterocycles. The number of ether oxygens (including phenoxy) is 1. The molecular weight excluding hydrogens is 254 g/mol. The number of piperidine rings is 1. The molecule has 1 saturated heterocycles. The van der Waals surface area contributed by atoms with Gasteiger partial charge in [-0.1, -0.05) is 0 Å². The first kappa shape index (κ1) is 13.1. The Balaban J connectivity index is 2.14. The highest BCUT2D eigenvalue weighted by atomic mass is 16.5. The van der Waals surface area contributed by atoms with E-state index in [1.807, 2.05) is 29.7 Å². The van der Waals surface area contributed by atoms with E-state index in [1.165, 1.54) is 7.11 Å². The van der Waals surface area contributed by atoms with Crippen LogP contribution in [0.2, 0.25) is 0 Å². The monoisotopic (exact) mass is 273 g/mol. The van der Waals surface area contributed by atoms with Crippen LogP contribution >= 0.6 is 0 Å². The van der Waals surface area contributed by atoms with Crippen molar-refractivity contribution >= 4 is 11.5 Å². The zero-order valence-electron chi connectivity index (χ0n) is 11.8. The summed E-state index contributed by atoms with van der Waals surface area (Å²) in [6, 6.07) is 4.02. The van der Waals surface area contributed by atoms with Crippen LogP contribution in [-0.4, -0.2) is 35.6 Å². The molecule has 0 spiro atoms. The summed E-state index contributed by atoms with van der Waals surface area (Å²) in [6.45, 7) is 3.98. The minimum absolute atomic E-state index is 0.345. The number of methoxy groups -OCH3 is 1. The first-order valence-electron chi connectivity index (χ1n) is 6.98. The minimum atomic E-state index is -0.372. The second kappa shape index (κ2) is 5.25. The Bertz CT molecular complexity index is 642. The van der Waals surface area contributed by atoms with E-state index in [-0.39, 0.29) is 5.97 Å². The van der Waals surface area contributed by atoms with Gasteiger partial charge in [0.25, 0.3) is 0 Å². The first-order chi connectivity index (χ1) is 9.70. The van der Waals surface area contributed by atoms with Crippen LogP contribution in [0.25, 0.3) is 5.52 Å². The van der Waals surface area contributed by atoms with Gasteiger partial charge in [0, 0.05) is 18.7 Å². The standard InChI is InChI=1S/C15H19N3O2/c1-10-5-7-18-12(8-10)13(15(19)20-2)17-14(18)11-4-3-6-16-9-11/h5,7-8,11,16H,3-4,6,9H2,1-2H3. The number of hydrogen-bond donors (Lipinski definition) is 1. The van der Waals surface area contributed by atoms with Crippen LogP contribution in [0.5, 0.6) is 0 Å². The average molecular weight is 273 g/mol. The van der Waals surface area contributed by atoms with Gasteiger partial charge in [-0.25, -0.2) is 9.78 Å². The number of fused-ring (bicyclic) bond motifs is 1. The predicted octanol–water partition coefficient (Wildman–Crippen LogP) is 1.90. The van der Waals surface area contributed by atoms with Gasteiger partial charge >= 0.3 is 5.97 Å². The largest absolute Gasteiger partial charge is 0.464 e. The number of pyridine rings is 1. The van der Waals surface area contributed by atoms with E-state index in [0.29, 0.717) is 11.6 Å². The normalized spacial score (nSPS) is 19.2. The number of carbonyl (C=O) groups is 1. The lowest BCUT2D eigenvalue weighted by molar-refractivity contribution is 0.0596. The van der Waals surface area contributed by atoms with Crippen LogP contribution in [0.15, 0.2) is 18.3 Å². The lowest BCUT2D eigenvalue weighted by Gasteiger charge is -2.21. The van der Waals surface area contributed by atoms with Crippen LogP contribution in [-0.2, 0) is 4.74 Å². The van der Waals surface area contributed by atoms with Crippen LogP contribution < -0.4 is 5.32 Å². The maximum absolute atomic E-state index is 11.9. The molecule has 5 nitrogen and oxygen atoms in total. The molecule has 1 aliphatic heterocycles. The first-order valence-corrected chi connectivity index (χ1v) is 6.98. The Morgan fingerprint density at radius 1 is 1.55 bits per heavy atom. The highest BCUT2D eigenvalue weighted by Crippen LogP contribution is 2.26. The number of esters is 1. The maximum Gasteiger partial charge on any atom is 0.358 e. The molecule has 0 saturated carbocycles. The maximum atomic E-state index is 11.9. The molecule has 0 aromatic carbocycles.